The van der Waals surface area contributed by atoms with Gasteiger partial charge in [-0.2, -0.15) is 0 Å². The van der Waals surface area contributed by atoms with Gasteiger partial charge in [0.05, 0.1) is 6.61 Å². The van der Waals surface area contributed by atoms with E-state index >= 15 is 0 Å². The number of benzene rings is 1. The second-order valence-corrected chi connectivity index (χ2v) is 7.02. The van der Waals surface area contributed by atoms with Gasteiger partial charge in [-0.25, -0.2) is 0 Å². The molecular weight excluding hydrogens is 270 g/mol. The average molecular weight is 298 g/mol. The summed E-state index contributed by atoms with van der Waals surface area (Å²) in [4.78, 5) is 0. The first-order valence-electron chi connectivity index (χ1n) is 7.38. The van der Waals surface area contributed by atoms with Crippen molar-refractivity contribution in [1.82, 2.24) is 0 Å². The normalized spacial score (nSPS) is 16.4. The summed E-state index contributed by atoms with van der Waals surface area (Å²) in [5.41, 5.74) is 8.60. The van der Waals surface area contributed by atoms with Crippen LogP contribution in [-0.2, 0) is 11.8 Å². The number of halogens is 1. The summed E-state index contributed by atoms with van der Waals surface area (Å²) >= 11 is 0. The molecule has 1 aliphatic carbocycles. The molecule has 3 heteroatoms. The lowest BCUT2D eigenvalue weighted by atomic mass is 9.85. The van der Waals surface area contributed by atoms with Crippen LogP contribution in [0.1, 0.15) is 51.7 Å². The van der Waals surface area contributed by atoms with E-state index in [1.54, 1.807) is 0 Å². The monoisotopic (exact) mass is 297 g/mol. The Morgan fingerprint density at radius 1 is 1.30 bits per heavy atom. The maximum atomic E-state index is 6.02. The SMILES string of the molecule is CC(N)Cc1ccc(OCC2CC2)c(C(C)(C)C)c1.Cl. The van der Waals surface area contributed by atoms with Gasteiger partial charge in [0.25, 0.3) is 0 Å². The fraction of sp³-hybridized carbons (Fsp3) is 0.647. The van der Waals surface area contributed by atoms with Crippen LogP contribution in [0.15, 0.2) is 18.2 Å². The van der Waals surface area contributed by atoms with E-state index in [1.165, 1.54) is 24.0 Å². The maximum absolute atomic E-state index is 6.02. The Bertz CT molecular complexity index is 433. The first-order valence-corrected chi connectivity index (χ1v) is 7.38. The maximum Gasteiger partial charge on any atom is 0.123 e. The standard InChI is InChI=1S/C17H27NO.ClH/c1-12(18)9-14-7-8-16(19-11-13-5-6-13)15(10-14)17(2,3)4;/h7-8,10,12-13H,5-6,9,11,18H2,1-4H3;1H. The highest BCUT2D eigenvalue weighted by molar-refractivity contribution is 5.85. The highest BCUT2D eigenvalue weighted by Gasteiger charge is 2.24. The number of nitrogens with two attached hydrogens (primary N) is 1. The molecule has 0 saturated heterocycles. The van der Waals surface area contributed by atoms with Crippen LogP contribution in [0.5, 0.6) is 5.75 Å². The van der Waals surface area contributed by atoms with Crippen molar-refractivity contribution >= 4 is 12.4 Å². The Hall–Kier alpha value is -0.730. The van der Waals surface area contributed by atoms with Gasteiger partial charge in [0.1, 0.15) is 5.75 Å². The zero-order valence-corrected chi connectivity index (χ0v) is 13.9. The Kier molecular flexibility index (Phi) is 5.91. The smallest absolute Gasteiger partial charge is 0.123 e. The van der Waals surface area contributed by atoms with E-state index in [2.05, 4.69) is 39.0 Å². The van der Waals surface area contributed by atoms with Gasteiger partial charge in [0.2, 0.25) is 0 Å². The number of hydrogen-bond donors (Lipinski definition) is 1. The van der Waals surface area contributed by atoms with E-state index < -0.39 is 0 Å². The lowest BCUT2D eigenvalue weighted by Crippen LogP contribution is -2.19. The molecule has 0 amide bonds. The molecule has 1 unspecified atom stereocenters. The Labute approximate surface area is 129 Å². The Balaban J connectivity index is 0.00000200. The highest BCUT2D eigenvalue weighted by atomic mass is 35.5. The molecule has 2 N–H and O–H groups in total. The molecule has 1 aromatic carbocycles. The highest BCUT2D eigenvalue weighted by Crippen LogP contribution is 2.35. The summed E-state index contributed by atoms with van der Waals surface area (Å²) in [5.74, 6) is 1.84. The minimum absolute atomic E-state index is 0. The van der Waals surface area contributed by atoms with Gasteiger partial charge in [0.15, 0.2) is 0 Å². The van der Waals surface area contributed by atoms with Gasteiger partial charge in [-0.15, -0.1) is 12.4 Å². The van der Waals surface area contributed by atoms with Gasteiger partial charge < -0.3 is 10.5 Å². The van der Waals surface area contributed by atoms with Gasteiger partial charge in [-0.3, -0.25) is 0 Å². The number of hydrogen-bond acceptors (Lipinski definition) is 2. The van der Waals surface area contributed by atoms with Gasteiger partial charge in [-0.1, -0.05) is 32.9 Å². The number of rotatable bonds is 5. The third kappa shape index (κ3) is 4.99. The fourth-order valence-corrected chi connectivity index (χ4v) is 2.28. The van der Waals surface area contributed by atoms with E-state index in [4.69, 9.17) is 10.5 Å². The summed E-state index contributed by atoms with van der Waals surface area (Å²) < 4.78 is 6.02. The topological polar surface area (TPSA) is 35.2 Å². The molecule has 1 aromatic rings. The van der Waals surface area contributed by atoms with Crippen molar-refractivity contribution in [3.05, 3.63) is 29.3 Å². The summed E-state index contributed by atoms with van der Waals surface area (Å²) in [5, 5.41) is 0. The first-order chi connectivity index (χ1) is 8.86. The van der Waals surface area contributed by atoms with Gasteiger partial charge >= 0.3 is 0 Å². The van der Waals surface area contributed by atoms with Crippen LogP contribution < -0.4 is 10.5 Å². The Morgan fingerprint density at radius 2 is 1.95 bits per heavy atom. The van der Waals surface area contributed by atoms with Crippen LogP contribution in [0, 0.1) is 5.92 Å². The second-order valence-electron chi connectivity index (χ2n) is 7.02. The predicted octanol–water partition coefficient (Wildman–Crippen LogP) is 4.08. The third-order valence-electron chi connectivity index (χ3n) is 3.58. The average Bonchev–Trinajstić information content (AvgIpc) is 3.09. The number of ether oxygens (including phenoxy) is 1. The summed E-state index contributed by atoms with van der Waals surface area (Å²) in [6.45, 7) is 9.63. The van der Waals surface area contributed by atoms with Crippen molar-refractivity contribution in [2.75, 3.05) is 6.61 Å². The van der Waals surface area contributed by atoms with Crippen molar-refractivity contribution in [3.8, 4) is 5.75 Å². The van der Waals surface area contributed by atoms with E-state index in [0.29, 0.717) is 0 Å². The molecule has 1 saturated carbocycles. The van der Waals surface area contributed by atoms with Gasteiger partial charge in [-0.05, 0) is 54.7 Å². The van der Waals surface area contributed by atoms with Crippen molar-refractivity contribution in [1.29, 1.82) is 0 Å². The molecule has 1 fully saturated rings. The van der Waals surface area contributed by atoms with Crippen molar-refractivity contribution < 1.29 is 4.74 Å². The molecule has 114 valence electrons. The molecule has 0 aliphatic heterocycles. The van der Waals surface area contributed by atoms with Crippen LogP contribution in [0.3, 0.4) is 0 Å². The summed E-state index contributed by atoms with van der Waals surface area (Å²) in [6, 6.07) is 6.75. The zero-order valence-electron chi connectivity index (χ0n) is 13.1. The Morgan fingerprint density at radius 3 is 2.45 bits per heavy atom. The van der Waals surface area contributed by atoms with Crippen molar-refractivity contribution in [3.63, 3.8) is 0 Å². The van der Waals surface area contributed by atoms with Crippen molar-refractivity contribution in [2.45, 2.75) is 58.4 Å². The van der Waals surface area contributed by atoms with Crippen LogP contribution in [0.25, 0.3) is 0 Å². The van der Waals surface area contributed by atoms with E-state index in [-0.39, 0.29) is 23.9 Å². The quantitative estimate of drug-likeness (QED) is 0.888. The molecule has 0 spiro atoms. The summed E-state index contributed by atoms with van der Waals surface area (Å²) in [7, 11) is 0. The molecule has 0 bridgehead atoms. The van der Waals surface area contributed by atoms with Crippen LogP contribution >= 0.6 is 12.4 Å². The molecule has 1 atom stereocenters. The van der Waals surface area contributed by atoms with Crippen LogP contribution in [-0.4, -0.2) is 12.6 Å². The molecule has 20 heavy (non-hydrogen) atoms. The van der Waals surface area contributed by atoms with E-state index in [9.17, 15) is 0 Å². The van der Waals surface area contributed by atoms with Crippen LogP contribution in [0.2, 0.25) is 0 Å². The van der Waals surface area contributed by atoms with Crippen LogP contribution in [0.4, 0.5) is 0 Å². The largest absolute Gasteiger partial charge is 0.493 e. The molecule has 0 heterocycles. The second kappa shape index (κ2) is 6.82. The minimum Gasteiger partial charge on any atom is -0.493 e. The predicted molar refractivity (Wildman–Crippen MR) is 88.0 cm³/mol. The molecule has 2 nitrogen and oxygen atoms in total. The summed E-state index contributed by atoms with van der Waals surface area (Å²) in [6.07, 6.45) is 3.58. The van der Waals surface area contributed by atoms with E-state index in [0.717, 1.165) is 24.7 Å². The molecule has 2 rings (SSSR count). The minimum atomic E-state index is 0. The molecule has 1 aliphatic rings. The fourth-order valence-electron chi connectivity index (χ4n) is 2.28. The molecule has 0 radical (unpaired) electrons. The zero-order chi connectivity index (χ0) is 14.0. The lowest BCUT2D eigenvalue weighted by molar-refractivity contribution is 0.292. The lowest BCUT2D eigenvalue weighted by Gasteiger charge is -2.24. The third-order valence-corrected chi connectivity index (χ3v) is 3.58. The van der Waals surface area contributed by atoms with Crippen molar-refractivity contribution in [2.24, 2.45) is 11.7 Å². The van der Waals surface area contributed by atoms with E-state index in [1.807, 2.05) is 6.92 Å². The first kappa shape index (κ1) is 17.3. The molecule has 0 aromatic heterocycles. The molecular formula is C17H28ClNO. The van der Waals surface area contributed by atoms with Gasteiger partial charge in [0, 0.05) is 6.04 Å².